The number of esters is 2. The lowest BCUT2D eigenvalue weighted by molar-refractivity contribution is -0.141. The van der Waals surface area contributed by atoms with Crippen LogP contribution in [0.2, 0.25) is 0 Å². The van der Waals surface area contributed by atoms with Crippen LogP contribution in [0.1, 0.15) is 36.4 Å². The molecule has 0 fully saturated rings. The third-order valence-corrected chi connectivity index (χ3v) is 2.92. The van der Waals surface area contributed by atoms with E-state index in [1.807, 2.05) is 11.8 Å². The molecule has 0 atom stereocenters. The minimum Gasteiger partial charge on any atom is -0.469 e. The van der Waals surface area contributed by atoms with Gasteiger partial charge in [-0.2, -0.15) is 0 Å². The molecule has 0 amide bonds. The highest BCUT2D eigenvalue weighted by atomic mass is 16.5. The second kappa shape index (κ2) is 8.37. The van der Waals surface area contributed by atoms with E-state index in [1.165, 1.54) is 13.4 Å². The number of ether oxygens (including phenoxy) is 2. The maximum atomic E-state index is 11.7. The van der Waals surface area contributed by atoms with E-state index < -0.39 is 0 Å². The van der Waals surface area contributed by atoms with Gasteiger partial charge < -0.3 is 13.9 Å². The maximum Gasteiger partial charge on any atom is 0.341 e. The zero-order valence-electron chi connectivity index (χ0n) is 12.2. The third-order valence-electron chi connectivity index (χ3n) is 2.92. The van der Waals surface area contributed by atoms with Crippen molar-refractivity contribution in [3.63, 3.8) is 0 Å². The Morgan fingerprint density at radius 2 is 2.10 bits per heavy atom. The number of carbonyl (C=O) groups is 2. The Hall–Kier alpha value is -1.82. The Morgan fingerprint density at radius 1 is 1.35 bits per heavy atom. The van der Waals surface area contributed by atoms with Crippen LogP contribution in [0.15, 0.2) is 16.7 Å². The molecule has 1 heterocycles. The molecule has 0 saturated heterocycles. The molecule has 0 spiro atoms. The molecule has 0 aromatic carbocycles. The van der Waals surface area contributed by atoms with E-state index in [-0.39, 0.29) is 11.9 Å². The molecule has 0 aliphatic carbocycles. The van der Waals surface area contributed by atoms with Gasteiger partial charge in [-0.05, 0) is 19.5 Å². The average Bonchev–Trinajstić information content (AvgIpc) is 2.91. The van der Waals surface area contributed by atoms with Crippen molar-refractivity contribution in [3.05, 3.63) is 23.7 Å². The molecule has 20 heavy (non-hydrogen) atoms. The maximum absolute atomic E-state index is 11.7. The van der Waals surface area contributed by atoms with Gasteiger partial charge in [-0.3, -0.25) is 9.69 Å². The van der Waals surface area contributed by atoms with Crippen LogP contribution in [0.3, 0.4) is 0 Å². The van der Waals surface area contributed by atoms with E-state index in [2.05, 4.69) is 4.74 Å². The highest BCUT2D eigenvalue weighted by Gasteiger charge is 2.18. The number of hydrogen-bond donors (Lipinski definition) is 0. The predicted molar refractivity (Wildman–Crippen MR) is 72.2 cm³/mol. The van der Waals surface area contributed by atoms with Crippen LogP contribution in [0, 0.1) is 0 Å². The second-order valence-electron chi connectivity index (χ2n) is 4.17. The van der Waals surface area contributed by atoms with E-state index in [9.17, 15) is 9.59 Å². The molecule has 6 heteroatoms. The predicted octanol–water partition coefficient (Wildman–Crippen LogP) is 1.84. The molecular weight excluding hydrogens is 262 g/mol. The summed E-state index contributed by atoms with van der Waals surface area (Å²) in [5, 5.41) is 0. The number of methoxy groups -OCH3 is 1. The van der Waals surface area contributed by atoms with Crippen molar-refractivity contribution in [1.29, 1.82) is 0 Å². The molecular formula is C14H21NO5. The zero-order valence-corrected chi connectivity index (χ0v) is 12.2. The van der Waals surface area contributed by atoms with Crippen LogP contribution in [0.4, 0.5) is 0 Å². The van der Waals surface area contributed by atoms with Gasteiger partial charge in [0.1, 0.15) is 11.3 Å². The molecule has 0 N–H and O–H groups in total. The Kier molecular flexibility index (Phi) is 6.79. The standard InChI is InChI=1S/C14H21NO5/c1-4-15(8-6-13(16)18-3)10-12-11(7-9-20-12)14(17)19-5-2/h7,9H,4-6,8,10H2,1-3H3. The van der Waals surface area contributed by atoms with Gasteiger partial charge in [0.15, 0.2) is 0 Å². The number of hydrogen-bond acceptors (Lipinski definition) is 6. The SMILES string of the molecule is CCOC(=O)c1ccoc1CN(CC)CCC(=O)OC. The summed E-state index contributed by atoms with van der Waals surface area (Å²) in [4.78, 5) is 24.9. The monoisotopic (exact) mass is 283 g/mol. The van der Waals surface area contributed by atoms with Crippen LogP contribution in [-0.4, -0.2) is 43.6 Å². The van der Waals surface area contributed by atoms with Crippen molar-refractivity contribution < 1.29 is 23.5 Å². The van der Waals surface area contributed by atoms with Crippen molar-refractivity contribution in [2.75, 3.05) is 26.8 Å². The lowest BCUT2D eigenvalue weighted by Crippen LogP contribution is -2.26. The molecule has 0 aliphatic heterocycles. The number of nitrogens with zero attached hydrogens (tertiary/aromatic N) is 1. The quantitative estimate of drug-likeness (QED) is 0.678. The van der Waals surface area contributed by atoms with Gasteiger partial charge in [-0.25, -0.2) is 4.79 Å². The summed E-state index contributed by atoms with van der Waals surface area (Å²) in [5.41, 5.74) is 0.434. The Bertz CT molecular complexity index is 441. The van der Waals surface area contributed by atoms with Crippen molar-refractivity contribution in [2.24, 2.45) is 0 Å². The zero-order chi connectivity index (χ0) is 15.0. The summed E-state index contributed by atoms with van der Waals surface area (Å²) in [6, 6.07) is 1.60. The molecule has 112 valence electrons. The minimum atomic E-state index is -0.389. The van der Waals surface area contributed by atoms with Crippen LogP contribution < -0.4 is 0 Å². The first-order chi connectivity index (χ1) is 9.62. The van der Waals surface area contributed by atoms with Crippen molar-refractivity contribution >= 4 is 11.9 Å². The van der Waals surface area contributed by atoms with E-state index in [0.717, 1.165) is 6.54 Å². The molecule has 6 nitrogen and oxygen atoms in total. The first-order valence-corrected chi connectivity index (χ1v) is 6.65. The summed E-state index contributed by atoms with van der Waals surface area (Å²) < 4.78 is 14.9. The highest BCUT2D eigenvalue weighted by molar-refractivity contribution is 5.90. The van der Waals surface area contributed by atoms with Gasteiger partial charge in [0, 0.05) is 6.54 Å². The first-order valence-electron chi connectivity index (χ1n) is 6.65. The summed E-state index contributed by atoms with van der Waals surface area (Å²) in [6.07, 6.45) is 1.77. The number of carbonyl (C=O) groups excluding carboxylic acids is 2. The van der Waals surface area contributed by atoms with Gasteiger partial charge in [0.25, 0.3) is 0 Å². The summed E-state index contributed by atoms with van der Waals surface area (Å²) >= 11 is 0. The highest BCUT2D eigenvalue weighted by Crippen LogP contribution is 2.15. The minimum absolute atomic E-state index is 0.256. The number of furan rings is 1. The molecule has 0 radical (unpaired) electrons. The summed E-state index contributed by atoms with van der Waals surface area (Å²) in [6.45, 7) is 5.79. The van der Waals surface area contributed by atoms with Gasteiger partial charge in [0.05, 0.1) is 32.9 Å². The lowest BCUT2D eigenvalue weighted by atomic mass is 10.2. The fourth-order valence-electron chi connectivity index (χ4n) is 1.76. The van der Waals surface area contributed by atoms with Crippen LogP contribution >= 0.6 is 0 Å². The molecule has 1 rings (SSSR count). The first kappa shape index (κ1) is 16.2. The van der Waals surface area contributed by atoms with Crippen molar-refractivity contribution in [2.45, 2.75) is 26.8 Å². The third kappa shape index (κ3) is 4.70. The fourth-order valence-corrected chi connectivity index (χ4v) is 1.76. The average molecular weight is 283 g/mol. The van der Waals surface area contributed by atoms with Crippen molar-refractivity contribution in [3.8, 4) is 0 Å². The summed E-state index contributed by atoms with van der Waals surface area (Å²) in [5.74, 6) is -0.0936. The van der Waals surface area contributed by atoms with E-state index in [0.29, 0.717) is 37.4 Å². The molecule has 0 aliphatic rings. The van der Waals surface area contributed by atoms with Gasteiger partial charge in [-0.15, -0.1) is 0 Å². The van der Waals surface area contributed by atoms with Gasteiger partial charge in [-0.1, -0.05) is 6.92 Å². The summed E-state index contributed by atoms with van der Waals surface area (Å²) in [7, 11) is 1.37. The molecule has 0 bridgehead atoms. The van der Waals surface area contributed by atoms with Crippen LogP contribution in [-0.2, 0) is 20.8 Å². The molecule has 1 aromatic rings. The topological polar surface area (TPSA) is 69.0 Å². The Morgan fingerprint density at radius 3 is 2.70 bits per heavy atom. The van der Waals surface area contributed by atoms with E-state index >= 15 is 0 Å². The lowest BCUT2D eigenvalue weighted by Gasteiger charge is -2.18. The van der Waals surface area contributed by atoms with Gasteiger partial charge in [0.2, 0.25) is 0 Å². The Labute approximate surface area is 118 Å². The van der Waals surface area contributed by atoms with Crippen LogP contribution in [0.5, 0.6) is 0 Å². The smallest absolute Gasteiger partial charge is 0.341 e. The molecule has 0 saturated carbocycles. The number of rotatable bonds is 8. The van der Waals surface area contributed by atoms with Crippen LogP contribution in [0.25, 0.3) is 0 Å². The van der Waals surface area contributed by atoms with Crippen molar-refractivity contribution in [1.82, 2.24) is 4.90 Å². The molecule has 1 aromatic heterocycles. The van der Waals surface area contributed by atoms with Gasteiger partial charge >= 0.3 is 11.9 Å². The molecule has 0 unspecified atom stereocenters. The second-order valence-corrected chi connectivity index (χ2v) is 4.17. The Balaban J connectivity index is 2.63. The normalized spacial score (nSPS) is 10.6. The van der Waals surface area contributed by atoms with E-state index in [4.69, 9.17) is 9.15 Å². The van der Waals surface area contributed by atoms with E-state index in [1.54, 1.807) is 13.0 Å². The largest absolute Gasteiger partial charge is 0.469 e. The fraction of sp³-hybridized carbons (Fsp3) is 0.571.